The number of carbonyl (C=O) groups is 8. The number of likely N-dealkylation sites (N-methyl/N-ethyl adjacent to an activating group) is 2. The first-order chi connectivity index (χ1) is 37.7. The van der Waals surface area contributed by atoms with Crippen LogP contribution in [-0.2, 0) is 49.6 Å². The molecule has 0 aliphatic carbocycles. The van der Waals surface area contributed by atoms with Crippen molar-refractivity contribution in [2.45, 2.75) is 175 Å². The summed E-state index contributed by atoms with van der Waals surface area (Å²) in [6, 6.07) is 9.37. The van der Waals surface area contributed by atoms with Gasteiger partial charge in [-0.25, -0.2) is 9.59 Å². The fraction of sp³-hybridized carbons (Fsp3) is 0.655. The van der Waals surface area contributed by atoms with Gasteiger partial charge in [0.25, 0.3) is 0 Å². The van der Waals surface area contributed by atoms with Crippen molar-refractivity contribution in [2.24, 2.45) is 41.1 Å². The van der Waals surface area contributed by atoms with E-state index in [9.17, 15) is 43.5 Å². The number of primary amides is 1. The van der Waals surface area contributed by atoms with Gasteiger partial charge in [-0.3, -0.25) is 33.7 Å². The molecule has 0 saturated carbocycles. The van der Waals surface area contributed by atoms with Crippen LogP contribution in [0.4, 0.5) is 15.3 Å². The molecule has 80 heavy (non-hydrogen) atoms. The lowest BCUT2D eigenvalue weighted by Crippen LogP contribution is -2.60. The molecule has 0 spiro atoms. The molecular formula is C58H94N10O12. The molecule has 22 nitrogen and oxygen atoms in total. The highest BCUT2D eigenvalue weighted by Gasteiger charge is 2.44. The Hall–Kier alpha value is -6.36. The van der Waals surface area contributed by atoms with Gasteiger partial charge in [0, 0.05) is 47.1 Å². The second-order valence-electron chi connectivity index (χ2n) is 22.3. The quantitative estimate of drug-likeness (QED) is 0.0485. The molecule has 0 bridgehead atoms. The molecule has 12 atom stereocenters. The highest BCUT2D eigenvalue weighted by atomic mass is 16.6. The largest absolute Gasteiger partial charge is 0.445 e. The van der Waals surface area contributed by atoms with E-state index in [2.05, 4.69) is 26.6 Å². The van der Waals surface area contributed by atoms with E-state index in [1.54, 1.807) is 94.8 Å². The third-order valence-electron chi connectivity index (χ3n) is 15.3. The van der Waals surface area contributed by atoms with Crippen molar-refractivity contribution in [2.75, 3.05) is 46.7 Å². The first-order valence-corrected chi connectivity index (χ1v) is 28.0. The number of methoxy groups -OCH3 is 2. The van der Waals surface area contributed by atoms with Gasteiger partial charge in [0.05, 0.1) is 54.8 Å². The molecule has 1 heterocycles. The molecule has 1 fully saturated rings. The molecular weight excluding hydrogens is 1030 g/mol. The van der Waals surface area contributed by atoms with Crippen LogP contribution in [0.1, 0.15) is 125 Å². The maximum atomic E-state index is 14.7. The Bertz CT molecular complexity index is 2320. The van der Waals surface area contributed by atoms with Crippen LogP contribution in [-0.4, -0.2) is 163 Å². The molecule has 3 rings (SSSR count). The number of ether oxygens (including phenoxy) is 3. The highest BCUT2D eigenvalue weighted by molar-refractivity contribution is 5.98. The number of aliphatic hydroxyl groups excluding tert-OH is 1. The smallest absolute Gasteiger partial charge is 0.410 e. The van der Waals surface area contributed by atoms with Crippen molar-refractivity contribution in [3.8, 4) is 0 Å². The zero-order valence-corrected chi connectivity index (χ0v) is 49.7. The first kappa shape index (κ1) is 67.9. The Balaban J connectivity index is 1.70. The van der Waals surface area contributed by atoms with Crippen molar-refractivity contribution in [1.82, 2.24) is 36.0 Å². The van der Waals surface area contributed by atoms with Gasteiger partial charge < -0.3 is 67.2 Å². The highest BCUT2D eigenvalue weighted by Crippen LogP contribution is 2.30. The lowest BCUT2D eigenvalue weighted by molar-refractivity contribution is -0.148. The molecule has 0 radical (unpaired) electrons. The van der Waals surface area contributed by atoms with Crippen molar-refractivity contribution in [3.63, 3.8) is 0 Å². The third-order valence-corrected chi connectivity index (χ3v) is 15.3. The summed E-state index contributed by atoms with van der Waals surface area (Å²) in [6.45, 7) is 18.7. The standard InChI is InChI=1S/C58H94N10O12/c1-15-36(8)49(44(78-13)31-45(69)68-30-20-24-43(68)51(79-14)37(9)52(71)62-38(10)50(70)40-21-17-16-18-22-40)66(11)56(75)47(34(4)5)65-55(74)48(35(6)7)67(12)58(77)80-32-39-25-27-41(28-26-39)63-53(72)42(23-19-29-61-57(60)76)64-54(73)46(59)33(2)3/h16-18,21-22,25-28,33-38,42-44,46-51,70H,15,19-20,23-24,29-32,59H2,1-14H3,(H,62,71)(H,63,72)(H,64,73)(H,65,74)(H3,60,61,76)/t36-,37+,38+,42+,43-,44+,46-,47+,48-,49-,50+,51+/m0/s1. The Labute approximate surface area is 473 Å². The summed E-state index contributed by atoms with van der Waals surface area (Å²) in [6.07, 6.45) is -0.736. The Morgan fingerprint density at radius 3 is 1.96 bits per heavy atom. The second kappa shape index (κ2) is 32.8. The number of rotatable bonds is 31. The van der Waals surface area contributed by atoms with E-state index in [4.69, 9.17) is 25.7 Å². The number of carbonyl (C=O) groups excluding carboxylic acids is 8. The molecule has 9 amide bonds. The van der Waals surface area contributed by atoms with Crippen LogP contribution in [0.25, 0.3) is 0 Å². The monoisotopic (exact) mass is 1120 g/mol. The molecule has 22 heteroatoms. The number of aliphatic hydroxyl groups is 1. The summed E-state index contributed by atoms with van der Waals surface area (Å²) in [5.74, 6) is -4.32. The van der Waals surface area contributed by atoms with E-state index >= 15 is 0 Å². The van der Waals surface area contributed by atoms with Crippen LogP contribution in [0.2, 0.25) is 0 Å². The summed E-state index contributed by atoms with van der Waals surface area (Å²) in [4.78, 5) is 112. The summed E-state index contributed by atoms with van der Waals surface area (Å²) < 4.78 is 17.7. The summed E-state index contributed by atoms with van der Waals surface area (Å²) in [7, 11) is 6.12. The number of hydrogen-bond acceptors (Lipinski definition) is 13. The normalized spacial score (nSPS) is 17.6. The molecule has 2 aromatic carbocycles. The fourth-order valence-electron chi connectivity index (χ4n) is 10.2. The van der Waals surface area contributed by atoms with Crippen molar-refractivity contribution in [1.29, 1.82) is 0 Å². The van der Waals surface area contributed by atoms with Crippen molar-refractivity contribution in [3.05, 3.63) is 65.7 Å². The second-order valence-corrected chi connectivity index (χ2v) is 22.3. The van der Waals surface area contributed by atoms with Crippen LogP contribution in [0, 0.1) is 29.6 Å². The van der Waals surface area contributed by atoms with E-state index in [1.165, 1.54) is 26.2 Å². The predicted molar refractivity (Wildman–Crippen MR) is 305 cm³/mol. The van der Waals surface area contributed by atoms with Gasteiger partial charge in [0.15, 0.2) is 0 Å². The van der Waals surface area contributed by atoms with Gasteiger partial charge in [-0.15, -0.1) is 0 Å². The average Bonchev–Trinajstić information content (AvgIpc) is 3.91. The summed E-state index contributed by atoms with van der Waals surface area (Å²) >= 11 is 0. The Morgan fingerprint density at radius 1 is 0.775 bits per heavy atom. The van der Waals surface area contributed by atoms with Crippen LogP contribution in [0.3, 0.4) is 0 Å². The summed E-state index contributed by atoms with van der Waals surface area (Å²) in [5.41, 5.74) is 12.8. The zero-order valence-electron chi connectivity index (χ0n) is 49.7. The van der Waals surface area contributed by atoms with Crippen LogP contribution >= 0.6 is 0 Å². The van der Waals surface area contributed by atoms with Gasteiger partial charge >= 0.3 is 12.1 Å². The fourth-order valence-corrected chi connectivity index (χ4v) is 10.2. The number of nitrogens with one attached hydrogen (secondary N) is 5. The number of nitrogens with zero attached hydrogens (tertiary/aromatic N) is 3. The van der Waals surface area contributed by atoms with Gasteiger partial charge in [-0.05, 0) is 79.5 Å². The van der Waals surface area contributed by atoms with E-state index in [0.29, 0.717) is 49.0 Å². The van der Waals surface area contributed by atoms with Gasteiger partial charge in [0.1, 0.15) is 24.7 Å². The SMILES string of the molecule is CC[C@H](C)[C@@H]([C@@H](CC(=O)N1CCC[C@H]1[C@H](OC)[C@@H](C)C(=O)N[C@H](C)[C@@H](O)c1ccccc1)OC)N(C)C(=O)[C@H](NC(=O)[C@H](C(C)C)N(C)C(=O)OCc1ccc(NC(=O)[C@@H](CCCNC(N)=O)NC(=O)[C@@H](N)C(C)C)cc1)C(C)C. The van der Waals surface area contributed by atoms with Crippen molar-refractivity contribution >= 4 is 53.3 Å². The molecule has 10 N–H and O–H groups in total. The predicted octanol–water partition coefficient (Wildman–Crippen LogP) is 4.43. The number of likely N-dealkylation sites (tertiary alicyclic amines) is 1. The number of amides is 9. The minimum Gasteiger partial charge on any atom is -0.445 e. The number of urea groups is 1. The molecule has 448 valence electrons. The maximum Gasteiger partial charge on any atom is 0.410 e. The topological polar surface area (TPSA) is 306 Å². The zero-order chi connectivity index (χ0) is 60.1. The van der Waals surface area contributed by atoms with E-state index in [1.807, 2.05) is 45.9 Å². The van der Waals surface area contributed by atoms with Gasteiger partial charge in [-0.2, -0.15) is 0 Å². The third kappa shape index (κ3) is 19.4. The molecule has 0 unspecified atom stereocenters. The lowest BCUT2D eigenvalue weighted by atomic mass is 9.89. The molecule has 0 aromatic heterocycles. The minimum atomic E-state index is -1.05. The molecule has 2 aromatic rings. The van der Waals surface area contributed by atoms with Gasteiger partial charge in [-0.1, -0.05) is 111 Å². The van der Waals surface area contributed by atoms with Crippen molar-refractivity contribution < 1.29 is 57.7 Å². The lowest BCUT2D eigenvalue weighted by Gasteiger charge is -2.41. The number of anilines is 1. The summed E-state index contributed by atoms with van der Waals surface area (Å²) in [5, 5.41) is 24.8. The minimum absolute atomic E-state index is 0.0747. The number of hydrogen-bond donors (Lipinski definition) is 8. The van der Waals surface area contributed by atoms with Crippen LogP contribution in [0.5, 0.6) is 0 Å². The molecule has 1 aliphatic heterocycles. The molecule has 1 saturated heterocycles. The Kier molecular flexibility index (Phi) is 27.8. The van der Waals surface area contributed by atoms with Crippen LogP contribution in [0.15, 0.2) is 54.6 Å². The van der Waals surface area contributed by atoms with E-state index in [-0.39, 0.29) is 49.6 Å². The van der Waals surface area contributed by atoms with E-state index in [0.717, 1.165) is 0 Å². The molecule has 1 aliphatic rings. The number of benzene rings is 2. The average molecular weight is 1120 g/mol. The Morgan fingerprint density at radius 2 is 1.41 bits per heavy atom. The van der Waals surface area contributed by atoms with Crippen LogP contribution < -0.4 is 38.1 Å². The van der Waals surface area contributed by atoms with E-state index < -0.39 is 114 Å². The maximum absolute atomic E-state index is 14.7. The first-order valence-electron chi connectivity index (χ1n) is 28.0. The number of nitrogens with two attached hydrogens (primary N) is 2. The van der Waals surface area contributed by atoms with Gasteiger partial charge in [0.2, 0.25) is 35.4 Å².